The van der Waals surface area contributed by atoms with Gasteiger partial charge in [0, 0.05) is 38.9 Å². The minimum Gasteiger partial charge on any atom is -0.480 e. The van der Waals surface area contributed by atoms with Gasteiger partial charge in [0.05, 0.1) is 12.7 Å². The highest BCUT2D eigenvalue weighted by Gasteiger charge is 2.21. The summed E-state index contributed by atoms with van der Waals surface area (Å²) in [4.78, 5) is 24.0. The number of nitrogens with one attached hydrogen (secondary N) is 1. The highest BCUT2D eigenvalue weighted by atomic mass is 16.4. The number of rotatable bonds is 6. The molecular formula is C11H18N4O4. The molecule has 8 heteroatoms. The van der Waals surface area contributed by atoms with Gasteiger partial charge < -0.3 is 20.4 Å². The molecule has 0 aliphatic carbocycles. The van der Waals surface area contributed by atoms with E-state index in [0.717, 1.165) is 5.56 Å². The summed E-state index contributed by atoms with van der Waals surface area (Å²) in [6.45, 7) is 0.0225. The SMILES string of the molecule is CN(Cc1cnn(C)c1)C(=O)NC(CCO)C(=O)O. The quantitative estimate of drug-likeness (QED) is 0.639. The lowest BCUT2D eigenvalue weighted by Gasteiger charge is -2.20. The zero-order valence-corrected chi connectivity index (χ0v) is 10.9. The third kappa shape index (κ3) is 4.59. The number of amides is 2. The predicted molar refractivity (Wildman–Crippen MR) is 66.3 cm³/mol. The fraction of sp³-hybridized carbons (Fsp3) is 0.545. The Morgan fingerprint density at radius 3 is 2.74 bits per heavy atom. The summed E-state index contributed by atoms with van der Waals surface area (Å²) in [6, 6.07) is -1.60. The lowest BCUT2D eigenvalue weighted by Crippen LogP contribution is -2.46. The van der Waals surface area contributed by atoms with E-state index in [-0.39, 0.29) is 13.0 Å². The maximum absolute atomic E-state index is 11.8. The van der Waals surface area contributed by atoms with Crippen LogP contribution in [-0.2, 0) is 18.4 Å². The molecule has 0 saturated carbocycles. The van der Waals surface area contributed by atoms with Crippen molar-refractivity contribution in [1.82, 2.24) is 20.0 Å². The number of aliphatic hydroxyl groups is 1. The standard InChI is InChI=1S/C11H18N4O4/c1-14(6-8-5-12-15(2)7-8)11(19)13-9(3-4-16)10(17)18/h5,7,9,16H,3-4,6H2,1-2H3,(H,13,19)(H,17,18). The summed E-state index contributed by atoms with van der Waals surface area (Å²) >= 11 is 0. The average Bonchev–Trinajstić information content (AvgIpc) is 2.73. The van der Waals surface area contributed by atoms with Gasteiger partial charge in [0.25, 0.3) is 0 Å². The lowest BCUT2D eigenvalue weighted by atomic mass is 10.2. The van der Waals surface area contributed by atoms with Crippen LogP contribution in [0.25, 0.3) is 0 Å². The van der Waals surface area contributed by atoms with Gasteiger partial charge in [-0.3, -0.25) is 4.68 Å². The van der Waals surface area contributed by atoms with Crippen LogP contribution in [0.3, 0.4) is 0 Å². The number of hydrogen-bond donors (Lipinski definition) is 3. The Bertz CT molecular complexity index is 446. The molecule has 0 fully saturated rings. The van der Waals surface area contributed by atoms with E-state index in [2.05, 4.69) is 10.4 Å². The number of carbonyl (C=O) groups is 2. The first-order chi connectivity index (χ1) is 8.93. The molecule has 0 saturated heterocycles. The van der Waals surface area contributed by atoms with Crippen LogP contribution in [-0.4, -0.2) is 56.6 Å². The number of carboxylic acids is 1. The second-order valence-electron chi connectivity index (χ2n) is 4.23. The molecular weight excluding hydrogens is 252 g/mol. The fourth-order valence-corrected chi connectivity index (χ4v) is 1.54. The van der Waals surface area contributed by atoms with Gasteiger partial charge in [-0.15, -0.1) is 0 Å². The topological polar surface area (TPSA) is 108 Å². The molecule has 1 aromatic heterocycles. The second kappa shape index (κ2) is 6.74. The summed E-state index contributed by atoms with van der Waals surface area (Å²) in [7, 11) is 3.32. The molecule has 0 aliphatic rings. The molecule has 1 rings (SSSR count). The maximum Gasteiger partial charge on any atom is 0.326 e. The zero-order chi connectivity index (χ0) is 14.4. The van der Waals surface area contributed by atoms with Gasteiger partial charge in [-0.2, -0.15) is 5.10 Å². The Kier molecular flexibility index (Phi) is 5.31. The zero-order valence-electron chi connectivity index (χ0n) is 10.9. The Morgan fingerprint density at radius 2 is 2.26 bits per heavy atom. The molecule has 106 valence electrons. The maximum atomic E-state index is 11.8. The largest absolute Gasteiger partial charge is 0.480 e. The van der Waals surface area contributed by atoms with E-state index in [9.17, 15) is 9.59 Å². The third-order valence-corrected chi connectivity index (χ3v) is 2.54. The molecule has 2 amide bonds. The van der Waals surface area contributed by atoms with Crippen LogP contribution in [0.5, 0.6) is 0 Å². The van der Waals surface area contributed by atoms with Crippen molar-refractivity contribution in [2.24, 2.45) is 7.05 Å². The number of aliphatic carboxylic acids is 1. The Hall–Kier alpha value is -2.09. The van der Waals surface area contributed by atoms with Crippen molar-refractivity contribution in [3.05, 3.63) is 18.0 Å². The molecule has 1 heterocycles. The van der Waals surface area contributed by atoms with Gasteiger partial charge in [-0.05, 0) is 0 Å². The highest BCUT2D eigenvalue weighted by molar-refractivity contribution is 5.82. The summed E-state index contributed by atoms with van der Waals surface area (Å²) in [5.74, 6) is -1.17. The minimum absolute atomic E-state index is 0.0260. The van der Waals surface area contributed by atoms with Crippen molar-refractivity contribution < 1.29 is 19.8 Å². The number of aryl methyl sites for hydroxylation is 1. The molecule has 8 nitrogen and oxygen atoms in total. The molecule has 0 aliphatic heterocycles. The smallest absolute Gasteiger partial charge is 0.326 e. The Morgan fingerprint density at radius 1 is 1.58 bits per heavy atom. The van der Waals surface area contributed by atoms with Crippen LogP contribution in [0.1, 0.15) is 12.0 Å². The number of aromatic nitrogens is 2. The van der Waals surface area contributed by atoms with Gasteiger partial charge in [0.1, 0.15) is 6.04 Å². The number of carboxylic acid groups (broad SMARTS) is 1. The van der Waals surface area contributed by atoms with Gasteiger partial charge in [0.2, 0.25) is 0 Å². The number of urea groups is 1. The Balaban J connectivity index is 2.54. The minimum atomic E-state index is -1.17. The summed E-state index contributed by atoms with van der Waals surface area (Å²) in [5, 5.41) is 23.9. The lowest BCUT2D eigenvalue weighted by molar-refractivity contribution is -0.139. The molecule has 0 bridgehead atoms. The van der Waals surface area contributed by atoms with Crippen LogP contribution in [0.4, 0.5) is 4.79 Å². The molecule has 1 atom stereocenters. The molecule has 0 spiro atoms. The van der Waals surface area contributed by atoms with Crippen LogP contribution >= 0.6 is 0 Å². The van der Waals surface area contributed by atoms with Gasteiger partial charge in [-0.1, -0.05) is 0 Å². The molecule has 0 aromatic carbocycles. The van der Waals surface area contributed by atoms with Crippen molar-refractivity contribution in [3.8, 4) is 0 Å². The Labute approximate surface area is 110 Å². The second-order valence-corrected chi connectivity index (χ2v) is 4.23. The monoisotopic (exact) mass is 270 g/mol. The van der Waals surface area contributed by atoms with Crippen molar-refractivity contribution in [2.75, 3.05) is 13.7 Å². The molecule has 1 unspecified atom stereocenters. The first-order valence-electron chi connectivity index (χ1n) is 5.77. The van der Waals surface area contributed by atoms with Crippen LogP contribution in [0.2, 0.25) is 0 Å². The summed E-state index contributed by atoms with van der Waals surface area (Å²) < 4.78 is 1.62. The van der Waals surface area contributed by atoms with Gasteiger partial charge >= 0.3 is 12.0 Å². The normalized spacial score (nSPS) is 11.9. The van der Waals surface area contributed by atoms with Crippen LogP contribution in [0.15, 0.2) is 12.4 Å². The molecule has 0 radical (unpaired) electrons. The van der Waals surface area contributed by atoms with E-state index in [4.69, 9.17) is 10.2 Å². The van der Waals surface area contributed by atoms with E-state index in [1.165, 1.54) is 4.90 Å². The van der Waals surface area contributed by atoms with Crippen molar-refractivity contribution in [1.29, 1.82) is 0 Å². The first kappa shape index (κ1) is 15.0. The van der Waals surface area contributed by atoms with Crippen LogP contribution < -0.4 is 5.32 Å². The van der Waals surface area contributed by atoms with Crippen molar-refractivity contribution in [3.63, 3.8) is 0 Å². The van der Waals surface area contributed by atoms with Crippen LogP contribution in [0, 0.1) is 0 Å². The molecule has 3 N–H and O–H groups in total. The van der Waals surface area contributed by atoms with E-state index in [0.29, 0.717) is 6.54 Å². The third-order valence-electron chi connectivity index (χ3n) is 2.54. The van der Waals surface area contributed by atoms with E-state index in [1.54, 1.807) is 31.2 Å². The average molecular weight is 270 g/mol. The first-order valence-corrected chi connectivity index (χ1v) is 5.77. The number of carbonyl (C=O) groups excluding carboxylic acids is 1. The van der Waals surface area contributed by atoms with Gasteiger partial charge in [-0.25, -0.2) is 9.59 Å². The van der Waals surface area contributed by atoms with Gasteiger partial charge in [0.15, 0.2) is 0 Å². The van der Waals surface area contributed by atoms with Crippen molar-refractivity contribution >= 4 is 12.0 Å². The predicted octanol–water partition coefficient (Wildman–Crippen LogP) is -0.603. The number of hydrogen-bond acceptors (Lipinski definition) is 4. The number of aliphatic hydroxyl groups excluding tert-OH is 1. The fourth-order valence-electron chi connectivity index (χ4n) is 1.54. The number of nitrogens with zero attached hydrogens (tertiary/aromatic N) is 3. The summed E-state index contributed by atoms with van der Waals surface area (Å²) in [6.07, 6.45) is 3.38. The van der Waals surface area contributed by atoms with E-state index in [1.807, 2.05) is 0 Å². The van der Waals surface area contributed by atoms with E-state index >= 15 is 0 Å². The van der Waals surface area contributed by atoms with Crippen molar-refractivity contribution in [2.45, 2.75) is 19.0 Å². The molecule has 1 aromatic rings. The molecule has 19 heavy (non-hydrogen) atoms. The van der Waals surface area contributed by atoms with E-state index < -0.39 is 18.0 Å². The highest BCUT2D eigenvalue weighted by Crippen LogP contribution is 2.02. The summed E-state index contributed by atoms with van der Waals surface area (Å²) in [5.41, 5.74) is 0.842.